The molecule has 2 aromatic rings. The minimum absolute atomic E-state index is 0.0702. The summed E-state index contributed by atoms with van der Waals surface area (Å²) in [5, 5.41) is 3.22. The first-order valence-corrected chi connectivity index (χ1v) is 13.1. The van der Waals surface area contributed by atoms with E-state index in [4.69, 9.17) is 0 Å². The van der Waals surface area contributed by atoms with E-state index in [1.165, 1.54) is 49.1 Å². The van der Waals surface area contributed by atoms with Gasteiger partial charge in [-0.05, 0) is 82.2 Å². The Labute approximate surface area is 206 Å². The van der Waals surface area contributed by atoms with Crippen LogP contribution in [0, 0.1) is 0 Å². The van der Waals surface area contributed by atoms with Crippen LogP contribution in [0.4, 0.5) is 4.79 Å². The van der Waals surface area contributed by atoms with Crippen molar-refractivity contribution in [1.82, 2.24) is 15.1 Å². The molecule has 2 aromatic carbocycles. The summed E-state index contributed by atoms with van der Waals surface area (Å²) in [6, 6.07) is 21.6. The Balaban J connectivity index is 1.40. The number of amides is 2. The van der Waals surface area contributed by atoms with Crippen LogP contribution in [0.1, 0.15) is 63.5 Å². The summed E-state index contributed by atoms with van der Waals surface area (Å²) in [5.74, 6) is 0. The Bertz CT molecular complexity index is 932. The number of carbonyl (C=O) groups excluding carboxylic acids is 1. The van der Waals surface area contributed by atoms with Crippen molar-refractivity contribution in [3.05, 3.63) is 77.4 Å². The van der Waals surface area contributed by atoms with E-state index in [9.17, 15) is 4.79 Å². The lowest BCUT2D eigenvalue weighted by Crippen LogP contribution is -2.60. The largest absolute Gasteiger partial charge is 0.338 e. The molecule has 2 saturated heterocycles. The third kappa shape index (κ3) is 6.50. The molecule has 4 rings (SSSR count). The van der Waals surface area contributed by atoms with Crippen LogP contribution < -0.4 is 5.32 Å². The van der Waals surface area contributed by atoms with Crippen molar-refractivity contribution in [2.75, 3.05) is 26.2 Å². The summed E-state index contributed by atoms with van der Waals surface area (Å²) in [7, 11) is 0. The van der Waals surface area contributed by atoms with E-state index in [0.29, 0.717) is 12.6 Å². The average Bonchev–Trinajstić information content (AvgIpc) is 2.86. The number of urea groups is 1. The molecule has 1 atom stereocenters. The first-order chi connectivity index (χ1) is 16.5. The second-order valence-corrected chi connectivity index (χ2v) is 10.5. The van der Waals surface area contributed by atoms with E-state index in [1.807, 2.05) is 0 Å². The van der Waals surface area contributed by atoms with Gasteiger partial charge in [-0.25, -0.2) is 4.79 Å². The number of nitrogens with one attached hydrogen (secondary N) is 1. The zero-order chi connectivity index (χ0) is 23.8. The number of carbonyl (C=O) groups is 1. The molecule has 34 heavy (non-hydrogen) atoms. The number of unbranched alkanes of at least 4 members (excludes halogenated alkanes) is 1. The minimum atomic E-state index is -0.176. The highest BCUT2D eigenvalue weighted by Crippen LogP contribution is 2.35. The highest BCUT2D eigenvalue weighted by Gasteiger charge is 2.42. The summed E-state index contributed by atoms with van der Waals surface area (Å²) in [4.78, 5) is 18.0. The molecule has 182 valence electrons. The van der Waals surface area contributed by atoms with Gasteiger partial charge in [0.05, 0.1) is 0 Å². The summed E-state index contributed by atoms with van der Waals surface area (Å²) in [6.07, 6.45) is 10.4. The molecule has 0 aromatic heterocycles. The van der Waals surface area contributed by atoms with Gasteiger partial charge in [0.15, 0.2) is 0 Å². The lowest BCUT2D eigenvalue weighted by molar-refractivity contribution is 0.0662. The lowest BCUT2D eigenvalue weighted by atomic mass is 9.82. The van der Waals surface area contributed by atoms with E-state index in [2.05, 4.69) is 95.7 Å². The van der Waals surface area contributed by atoms with Gasteiger partial charge < -0.3 is 10.2 Å². The van der Waals surface area contributed by atoms with Gasteiger partial charge in [-0.3, -0.25) is 4.90 Å². The molecule has 1 N–H and O–H groups in total. The molecular weight excluding hydrogens is 418 g/mol. The van der Waals surface area contributed by atoms with Crippen LogP contribution in [0.15, 0.2) is 66.2 Å². The lowest BCUT2D eigenvalue weighted by Gasteiger charge is -2.50. The van der Waals surface area contributed by atoms with Crippen LogP contribution in [0.2, 0.25) is 0 Å². The zero-order valence-electron chi connectivity index (χ0n) is 21.0. The van der Waals surface area contributed by atoms with Crippen LogP contribution >= 0.6 is 0 Å². The van der Waals surface area contributed by atoms with Crippen LogP contribution in [0.3, 0.4) is 0 Å². The summed E-state index contributed by atoms with van der Waals surface area (Å²) in [5.41, 5.74) is 3.78. The highest BCUT2D eigenvalue weighted by molar-refractivity contribution is 5.76. The van der Waals surface area contributed by atoms with Gasteiger partial charge in [-0.15, -0.1) is 0 Å². The molecule has 2 heterocycles. The second-order valence-electron chi connectivity index (χ2n) is 10.5. The monoisotopic (exact) mass is 459 g/mol. The Morgan fingerprint density at radius 1 is 0.971 bits per heavy atom. The minimum Gasteiger partial charge on any atom is -0.338 e. The van der Waals surface area contributed by atoms with Crippen molar-refractivity contribution < 1.29 is 4.79 Å². The van der Waals surface area contributed by atoms with Crippen LogP contribution in [-0.2, 0) is 6.42 Å². The molecule has 0 aliphatic carbocycles. The smallest absolute Gasteiger partial charge is 0.318 e. The van der Waals surface area contributed by atoms with E-state index in [1.54, 1.807) is 0 Å². The van der Waals surface area contributed by atoms with Crippen molar-refractivity contribution in [3.8, 4) is 0 Å². The molecular formula is C30H41N3O. The number of piperidine rings is 2. The zero-order valence-corrected chi connectivity index (χ0v) is 21.0. The van der Waals surface area contributed by atoms with Crippen LogP contribution in [-0.4, -0.2) is 53.6 Å². The quantitative estimate of drug-likeness (QED) is 0.505. The maximum absolute atomic E-state index is 13.3. The fraction of sp³-hybridized carbons (Fsp3) is 0.500. The van der Waals surface area contributed by atoms with Gasteiger partial charge in [-0.2, -0.15) is 0 Å². The van der Waals surface area contributed by atoms with E-state index in [0.717, 1.165) is 32.2 Å². The predicted molar refractivity (Wildman–Crippen MR) is 142 cm³/mol. The highest BCUT2D eigenvalue weighted by atomic mass is 16.2. The maximum atomic E-state index is 13.3. The molecule has 2 amide bonds. The Kier molecular flexibility index (Phi) is 8.44. The van der Waals surface area contributed by atoms with Crippen LogP contribution in [0.25, 0.3) is 6.08 Å². The molecule has 1 unspecified atom stereocenters. The van der Waals surface area contributed by atoms with Gasteiger partial charge in [0.2, 0.25) is 0 Å². The van der Waals surface area contributed by atoms with Crippen molar-refractivity contribution in [1.29, 1.82) is 0 Å². The topological polar surface area (TPSA) is 35.6 Å². The normalized spacial score (nSPS) is 22.0. The molecule has 0 bridgehead atoms. The van der Waals surface area contributed by atoms with E-state index < -0.39 is 0 Å². The van der Waals surface area contributed by atoms with Gasteiger partial charge in [0.1, 0.15) is 0 Å². The second kappa shape index (κ2) is 11.7. The van der Waals surface area contributed by atoms with E-state index >= 15 is 0 Å². The Morgan fingerprint density at radius 3 is 2.35 bits per heavy atom. The number of aryl methyl sites for hydroxylation is 1. The van der Waals surface area contributed by atoms with E-state index in [-0.39, 0.29) is 11.6 Å². The average molecular weight is 460 g/mol. The van der Waals surface area contributed by atoms with Crippen LogP contribution in [0.5, 0.6) is 0 Å². The maximum Gasteiger partial charge on any atom is 0.318 e. The number of hydrogen-bond acceptors (Lipinski definition) is 2. The Morgan fingerprint density at radius 2 is 1.65 bits per heavy atom. The number of nitrogens with zero attached hydrogens (tertiary/aromatic N) is 2. The first kappa shape index (κ1) is 24.5. The fourth-order valence-electron chi connectivity index (χ4n) is 5.45. The van der Waals surface area contributed by atoms with Gasteiger partial charge in [0.25, 0.3) is 0 Å². The molecule has 4 nitrogen and oxygen atoms in total. The molecule has 2 aliphatic rings. The summed E-state index contributed by atoms with van der Waals surface area (Å²) in [6.45, 7) is 8.22. The summed E-state index contributed by atoms with van der Waals surface area (Å²) >= 11 is 0. The third-order valence-corrected chi connectivity index (χ3v) is 7.43. The number of likely N-dealkylation sites (tertiary alicyclic amines) is 2. The van der Waals surface area contributed by atoms with Gasteiger partial charge >= 0.3 is 6.03 Å². The number of hydrogen-bond donors (Lipinski definition) is 1. The van der Waals surface area contributed by atoms with Crippen molar-refractivity contribution in [3.63, 3.8) is 0 Å². The fourth-order valence-corrected chi connectivity index (χ4v) is 5.45. The molecule has 2 fully saturated rings. The SMILES string of the molecule is CC1(C)CC(N2CCCCC2)/C(=C/c2ccccc2)CN1C(=O)NCCCCc1ccccc1. The van der Waals surface area contributed by atoms with Gasteiger partial charge in [0, 0.05) is 24.7 Å². The molecule has 2 aliphatic heterocycles. The molecule has 0 spiro atoms. The first-order valence-electron chi connectivity index (χ1n) is 13.1. The summed E-state index contributed by atoms with van der Waals surface area (Å²) < 4.78 is 0. The van der Waals surface area contributed by atoms with Gasteiger partial charge in [-0.1, -0.05) is 73.2 Å². The molecule has 0 radical (unpaired) electrons. The standard InChI is InChI=1S/C30H41N3O/c1-30(2)23-28(32-20-12-5-13-21-32)27(22-26-17-8-4-9-18-26)24-33(30)29(34)31-19-11-10-16-25-14-6-3-7-15-25/h3-4,6-9,14-15,17-18,22,28H,5,10-13,16,19-21,23-24H2,1-2H3,(H,31,34)/b27-22+. The molecule has 0 saturated carbocycles. The number of rotatable bonds is 7. The van der Waals surface area contributed by atoms with Crippen molar-refractivity contribution >= 4 is 12.1 Å². The third-order valence-electron chi connectivity index (χ3n) is 7.43. The number of benzene rings is 2. The van der Waals surface area contributed by atoms with Crippen molar-refractivity contribution in [2.24, 2.45) is 0 Å². The van der Waals surface area contributed by atoms with Crippen molar-refractivity contribution in [2.45, 2.75) is 70.4 Å². The predicted octanol–water partition coefficient (Wildman–Crippen LogP) is 6.14. The Hall–Kier alpha value is -2.59. The molecule has 4 heteroatoms.